The Labute approximate surface area is 194 Å². The molecular weight excluding hydrogens is 479 g/mol. The summed E-state index contributed by atoms with van der Waals surface area (Å²) in [6, 6.07) is 6.16. The second kappa shape index (κ2) is 10.5. The molecule has 3 aromatic rings. The zero-order chi connectivity index (χ0) is 23.3. The molecule has 1 amide bonds. The first-order valence-electron chi connectivity index (χ1n) is 8.91. The Bertz CT molecular complexity index is 1160. The molecule has 0 saturated carbocycles. The molecular formula is C19H17FN4O5S3. The van der Waals surface area contributed by atoms with E-state index < -0.39 is 23.7 Å². The van der Waals surface area contributed by atoms with Gasteiger partial charge in [-0.1, -0.05) is 35.2 Å². The lowest BCUT2D eigenvalue weighted by Gasteiger charge is -2.05. The van der Waals surface area contributed by atoms with Crippen LogP contribution in [-0.4, -0.2) is 48.0 Å². The third-order valence-electron chi connectivity index (χ3n) is 4.01. The molecule has 0 fully saturated rings. The summed E-state index contributed by atoms with van der Waals surface area (Å²) in [5, 5.41) is 13.9. The number of hydrogen-bond acceptors (Lipinski definition) is 11. The van der Waals surface area contributed by atoms with E-state index >= 15 is 0 Å². The number of esters is 2. The van der Waals surface area contributed by atoms with E-state index in [4.69, 9.17) is 9.47 Å². The van der Waals surface area contributed by atoms with Crippen LogP contribution in [0.4, 0.5) is 20.2 Å². The molecule has 2 N–H and O–H groups in total. The van der Waals surface area contributed by atoms with Gasteiger partial charge in [-0.15, -0.1) is 21.5 Å². The van der Waals surface area contributed by atoms with E-state index in [1.165, 1.54) is 20.3 Å². The molecule has 0 aliphatic carbocycles. The summed E-state index contributed by atoms with van der Waals surface area (Å²) in [7, 11) is 2.44. The number of anilines is 3. The van der Waals surface area contributed by atoms with Crippen LogP contribution in [0.5, 0.6) is 0 Å². The number of carbonyl (C=O) groups is 3. The van der Waals surface area contributed by atoms with Gasteiger partial charge in [0.1, 0.15) is 15.7 Å². The highest BCUT2D eigenvalue weighted by Crippen LogP contribution is 2.35. The average Bonchev–Trinajstić information content (AvgIpc) is 3.36. The van der Waals surface area contributed by atoms with Crippen LogP contribution in [0.3, 0.4) is 0 Å². The van der Waals surface area contributed by atoms with Crippen molar-refractivity contribution < 1.29 is 28.2 Å². The van der Waals surface area contributed by atoms with Gasteiger partial charge in [-0.25, -0.2) is 14.0 Å². The molecule has 0 bridgehead atoms. The first kappa shape index (κ1) is 23.6. The quantitative estimate of drug-likeness (QED) is 0.351. The maximum Gasteiger partial charge on any atom is 0.348 e. The van der Waals surface area contributed by atoms with Crippen LogP contribution >= 0.6 is 34.4 Å². The number of thioether (sulfide) groups is 1. The predicted molar refractivity (Wildman–Crippen MR) is 121 cm³/mol. The van der Waals surface area contributed by atoms with Gasteiger partial charge in [0.15, 0.2) is 4.34 Å². The third-order valence-corrected chi connectivity index (χ3v) is 7.17. The summed E-state index contributed by atoms with van der Waals surface area (Å²) in [4.78, 5) is 36.7. The van der Waals surface area contributed by atoms with Gasteiger partial charge < -0.3 is 20.1 Å². The number of thiophene rings is 1. The molecule has 168 valence electrons. The molecule has 0 spiro atoms. The molecule has 2 heterocycles. The number of ether oxygens (including phenoxy) is 2. The fourth-order valence-corrected chi connectivity index (χ4v) is 5.22. The number of para-hydroxylation sites is 1. The Morgan fingerprint density at radius 2 is 1.81 bits per heavy atom. The highest BCUT2D eigenvalue weighted by molar-refractivity contribution is 8.01. The molecule has 3 rings (SSSR count). The Balaban J connectivity index is 1.65. The zero-order valence-corrected chi connectivity index (χ0v) is 19.5. The molecule has 0 atom stereocenters. The number of halogens is 1. The number of rotatable bonds is 8. The minimum Gasteiger partial charge on any atom is -0.465 e. The van der Waals surface area contributed by atoms with Crippen molar-refractivity contribution in [2.75, 3.05) is 30.6 Å². The molecule has 0 saturated heterocycles. The Kier molecular flexibility index (Phi) is 7.77. The van der Waals surface area contributed by atoms with Crippen LogP contribution in [0, 0.1) is 12.7 Å². The number of carbonyl (C=O) groups excluding carboxylic acids is 3. The van der Waals surface area contributed by atoms with Crippen molar-refractivity contribution in [1.82, 2.24) is 10.2 Å². The van der Waals surface area contributed by atoms with Crippen LogP contribution in [-0.2, 0) is 14.3 Å². The first-order valence-corrected chi connectivity index (χ1v) is 11.5. The largest absolute Gasteiger partial charge is 0.465 e. The molecule has 13 heteroatoms. The van der Waals surface area contributed by atoms with Gasteiger partial charge in [-0.2, -0.15) is 0 Å². The monoisotopic (exact) mass is 496 g/mol. The molecule has 9 nitrogen and oxygen atoms in total. The van der Waals surface area contributed by atoms with Crippen molar-refractivity contribution in [3.63, 3.8) is 0 Å². The van der Waals surface area contributed by atoms with Gasteiger partial charge in [0.05, 0.1) is 31.2 Å². The van der Waals surface area contributed by atoms with Crippen LogP contribution < -0.4 is 10.6 Å². The van der Waals surface area contributed by atoms with Gasteiger partial charge in [0, 0.05) is 0 Å². The highest BCUT2D eigenvalue weighted by Gasteiger charge is 2.26. The van der Waals surface area contributed by atoms with Gasteiger partial charge in [0.25, 0.3) is 0 Å². The second-order valence-electron chi connectivity index (χ2n) is 6.06. The van der Waals surface area contributed by atoms with E-state index in [-0.39, 0.29) is 26.9 Å². The molecule has 32 heavy (non-hydrogen) atoms. The summed E-state index contributed by atoms with van der Waals surface area (Å²) in [5.74, 6) is -2.16. The van der Waals surface area contributed by atoms with Crippen molar-refractivity contribution in [1.29, 1.82) is 0 Å². The van der Waals surface area contributed by atoms with Crippen molar-refractivity contribution in [3.8, 4) is 0 Å². The molecule has 0 aliphatic heterocycles. The minimum absolute atomic E-state index is 0.0283. The summed E-state index contributed by atoms with van der Waals surface area (Å²) >= 11 is 3.21. The SMILES string of the molecule is COC(=O)c1sc(NC(=O)CSc2nnc(Nc3ccccc3F)s2)c(C(=O)OC)c1C. The van der Waals surface area contributed by atoms with Crippen LogP contribution in [0.2, 0.25) is 0 Å². The molecule has 0 radical (unpaired) electrons. The molecule has 2 aromatic heterocycles. The first-order chi connectivity index (χ1) is 15.3. The third kappa shape index (κ3) is 5.41. The summed E-state index contributed by atoms with van der Waals surface area (Å²) in [5.41, 5.74) is 0.732. The summed E-state index contributed by atoms with van der Waals surface area (Å²) in [6.45, 7) is 1.57. The van der Waals surface area contributed by atoms with Gasteiger partial charge in [-0.05, 0) is 24.6 Å². The second-order valence-corrected chi connectivity index (χ2v) is 9.28. The van der Waals surface area contributed by atoms with Crippen molar-refractivity contribution in [3.05, 3.63) is 46.1 Å². The molecule has 0 aliphatic rings. The Hall–Kier alpha value is -3.03. The zero-order valence-electron chi connectivity index (χ0n) is 17.1. The van der Waals surface area contributed by atoms with Crippen molar-refractivity contribution >= 4 is 68.1 Å². The standard InChI is InChI=1S/C19H17FN4O5S3/c1-9-13(16(26)28-2)15(31-14(9)17(27)29-3)22-12(25)8-30-19-24-23-18(32-19)21-11-7-5-4-6-10(11)20/h4-7H,8H2,1-3H3,(H,21,23)(H,22,25). The number of nitrogens with zero attached hydrogens (tertiary/aromatic N) is 2. The van der Waals surface area contributed by atoms with E-state index in [2.05, 4.69) is 20.8 Å². The molecule has 0 unspecified atom stereocenters. The lowest BCUT2D eigenvalue weighted by atomic mass is 10.1. The number of hydrogen-bond donors (Lipinski definition) is 2. The number of aromatic nitrogens is 2. The van der Waals surface area contributed by atoms with Crippen molar-refractivity contribution in [2.24, 2.45) is 0 Å². The van der Waals surface area contributed by atoms with Crippen molar-refractivity contribution in [2.45, 2.75) is 11.3 Å². The lowest BCUT2D eigenvalue weighted by molar-refractivity contribution is -0.113. The van der Waals surface area contributed by atoms with E-state index in [1.807, 2.05) is 0 Å². The number of nitrogens with one attached hydrogen (secondary N) is 2. The average molecular weight is 497 g/mol. The highest BCUT2D eigenvalue weighted by atomic mass is 32.2. The van der Waals surface area contributed by atoms with Gasteiger partial charge >= 0.3 is 11.9 Å². The van der Waals surface area contributed by atoms with Crippen LogP contribution in [0.25, 0.3) is 0 Å². The van der Waals surface area contributed by atoms with Crippen LogP contribution in [0.15, 0.2) is 28.6 Å². The fourth-order valence-electron chi connectivity index (χ4n) is 2.52. The Morgan fingerprint density at radius 1 is 1.09 bits per heavy atom. The topological polar surface area (TPSA) is 120 Å². The summed E-state index contributed by atoms with van der Waals surface area (Å²) in [6.07, 6.45) is 0. The number of methoxy groups -OCH3 is 2. The van der Waals surface area contributed by atoms with Gasteiger partial charge in [0.2, 0.25) is 11.0 Å². The lowest BCUT2D eigenvalue weighted by Crippen LogP contribution is -2.16. The summed E-state index contributed by atoms with van der Waals surface area (Å²) < 4.78 is 23.7. The predicted octanol–water partition coefficient (Wildman–Crippen LogP) is 4.09. The number of amides is 1. The maximum absolute atomic E-state index is 13.7. The van der Waals surface area contributed by atoms with Crippen LogP contribution in [0.1, 0.15) is 25.6 Å². The normalized spacial score (nSPS) is 10.5. The van der Waals surface area contributed by atoms with E-state index in [0.717, 1.165) is 34.4 Å². The Morgan fingerprint density at radius 3 is 2.50 bits per heavy atom. The maximum atomic E-state index is 13.7. The van der Waals surface area contributed by atoms with E-state index in [1.54, 1.807) is 25.1 Å². The fraction of sp³-hybridized carbons (Fsp3) is 0.211. The van der Waals surface area contributed by atoms with E-state index in [9.17, 15) is 18.8 Å². The van der Waals surface area contributed by atoms with E-state index in [0.29, 0.717) is 15.0 Å². The molecule has 1 aromatic carbocycles. The van der Waals surface area contributed by atoms with Gasteiger partial charge in [-0.3, -0.25) is 4.79 Å². The smallest absolute Gasteiger partial charge is 0.348 e. The minimum atomic E-state index is -0.676. The number of benzene rings is 1.